The van der Waals surface area contributed by atoms with Crippen molar-refractivity contribution in [2.45, 2.75) is 26.2 Å². The monoisotopic (exact) mass is 313 g/mol. The molecule has 0 aromatic heterocycles. The minimum atomic E-state index is 0. The van der Waals surface area contributed by atoms with Gasteiger partial charge in [-0.15, -0.1) is 17.5 Å². The second-order valence-electron chi connectivity index (χ2n) is 4.31. The van der Waals surface area contributed by atoms with Crippen LogP contribution in [0.2, 0.25) is 0 Å². The minimum absolute atomic E-state index is 0. The summed E-state index contributed by atoms with van der Waals surface area (Å²) < 4.78 is 0. The van der Waals surface area contributed by atoms with Crippen LogP contribution in [0.5, 0.6) is 0 Å². The molecule has 1 atom stereocenters. The zero-order chi connectivity index (χ0) is 12.3. The molecule has 18 heavy (non-hydrogen) atoms. The van der Waals surface area contributed by atoms with Gasteiger partial charge >= 0.3 is 26.2 Å². The van der Waals surface area contributed by atoms with E-state index in [4.69, 9.17) is 5.73 Å². The topological polar surface area (TPSA) is 26.0 Å². The number of fused-ring (bicyclic) bond motifs is 1. The van der Waals surface area contributed by atoms with Crippen LogP contribution in [0.4, 0.5) is 5.69 Å². The number of allylic oxidation sites excluding steroid dienone is 6. The first-order chi connectivity index (χ1) is 8.20. The Bertz CT molecular complexity index is 488. The van der Waals surface area contributed by atoms with Crippen molar-refractivity contribution in [1.29, 1.82) is 0 Å². The smallest absolute Gasteiger partial charge is 0.413 e. The van der Waals surface area contributed by atoms with E-state index in [-0.39, 0.29) is 26.2 Å². The van der Waals surface area contributed by atoms with Gasteiger partial charge in [-0.25, -0.2) is 17.7 Å². The zero-order valence-corrected chi connectivity index (χ0v) is 13.3. The third-order valence-corrected chi connectivity index (χ3v) is 2.99. The fourth-order valence-electron chi connectivity index (χ4n) is 2.20. The molecule has 0 heterocycles. The van der Waals surface area contributed by atoms with Gasteiger partial charge in [-0.3, -0.25) is 12.2 Å². The predicted octanol–water partition coefficient (Wildman–Crippen LogP) is 3.90. The molecule has 0 fully saturated rings. The molecule has 1 nitrogen and oxygen atoms in total. The molecule has 1 unspecified atom stereocenters. The number of rotatable bonds is 0. The van der Waals surface area contributed by atoms with Gasteiger partial charge in [0.2, 0.25) is 0 Å². The van der Waals surface area contributed by atoms with Crippen molar-refractivity contribution >= 4 is 11.3 Å². The van der Waals surface area contributed by atoms with E-state index < -0.39 is 0 Å². The Hall–Kier alpha value is -0.877. The molecular weight excluding hydrogens is 297 g/mol. The molecule has 0 amide bonds. The van der Waals surface area contributed by atoms with Crippen LogP contribution in [0.1, 0.15) is 37.3 Å². The van der Waals surface area contributed by atoms with Gasteiger partial charge in [0.25, 0.3) is 0 Å². The first-order valence-corrected chi connectivity index (χ1v) is 5.90. The van der Waals surface area contributed by atoms with Crippen molar-refractivity contribution in [2.75, 3.05) is 5.73 Å². The second kappa shape index (κ2) is 6.90. The maximum Gasteiger partial charge on any atom is 2.00 e. The average Bonchev–Trinajstić information content (AvgIpc) is 2.93. The molecule has 1 aromatic rings. The Balaban J connectivity index is 0.000000230. The fraction of sp³-hybridized carbons (Fsp3) is 0.250. The molecule has 2 N–H and O–H groups in total. The number of hydrogen-bond donors (Lipinski definition) is 1. The average molecular weight is 315 g/mol. The standard InChI is InChI=1S/C11H12N.C5H5.Zr/c1-7-6-8(2)11-9(7)4-3-5-10(11)12;1-2-4-5-3-1;/h3-5,7H,12H2,1-2H3;1-3H,4H2;/q2*-1;+2. The van der Waals surface area contributed by atoms with Crippen LogP contribution in [0.3, 0.4) is 0 Å². The minimum Gasteiger partial charge on any atom is -0.413 e. The third kappa shape index (κ3) is 3.32. The molecule has 0 radical (unpaired) electrons. The van der Waals surface area contributed by atoms with Crippen LogP contribution in [-0.2, 0) is 26.2 Å². The van der Waals surface area contributed by atoms with Crippen LogP contribution in [0.15, 0.2) is 36.4 Å². The molecular formula is C16H17NZr. The molecule has 90 valence electrons. The first kappa shape index (κ1) is 15.2. The molecule has 3 rings (SSSR count). The SMILES string of the molecule is CC1=[C-]C(C)c2cccc(N)c21.[C-]1=CC=CC1.[Zr+2]. The van der Waals surface area contributed by atoms with E-state index in [2.05, 4.69) is 38.1 Å². The molecule has 0 saturated heterocycles. The van der Waals surface area contributed by atoms with Crippen molar-refractivity contribution in [2.24, 2.45) is 0 Å². The van der Waals surface area contributed by atoms with Crippen LogP contribution in [0.25, 0.3) is 5.57 Å². The van der Waals surface area contributed by atoms with E-state index >= 15 is 0 Å². The molecule has 1 aromatic carbocycles. The van der Waals surface area contributed by atoms with Gasteiger partial charge < -0.3 is 5.73 Å². The van der Waals surface area contributed by atoms with Crippen molar-refractivity contribution < 1.29 is 26.2 Å². The van der Waals surface area contributed by atoms with Gasteiger partial charge in [0, 0.05) is 0 Å². The maximum atomic E-state index is 5.86. The quantitative estimate of drug-likeness (QED) is 0.570. The van der Waals surface area contributed by atoms with Crippen LogP contribution >= 0.6 is 0 Å². The molecule has 2 aliphatic rings. The van der Waals surface area contributed by atoms with Gasteiger partial charge in [-0.2, -0.15) is 6.08 Å². The van der Waals surface area contributed by atoms with Gasteiger partial charge in [-0.1, -0.05) is 38.0 Å². The Kier molecular flexibility index (Phi) is 5.82. The van der Waals surface area contributed by atoms with Gasteiger partial charge in [0.05, 0.1) is 0 Å². The molecule has 0 bridgehead atoms. The Labute approximate surface area is 129 Å². The van der Waals surface area contributed by atoms with Gasteiger partial charge in [-0.05, 0) is 5.69 Å². The van der Waals surface area contributed by atoms with Crippen LogP contribution < -0.4 is 5.73 Å². The summed E-state index contributed by atoms with van der Waals surface area (Å²) in [6.45, 7) is 4.22. The summed E-state index contributed by atoms with van der Waals surface area (Å²) in [6.07, 6.45) is 13.4. The van der Waals surface area contributed by atoms with E-state index in [1.807, 2.05) is 24.3 Å². The second-order valence-corrected chi connectivity index (χ2v) is 4.31. The number of hydrogen-bond acceptors (Lipinski definition) is 1. The number of anilines is 1. The summed E-state index contributed by atoms with van der Waals surface area (Å²) in [5.41, 5.74) is 10.4. The zero-order valence-electron chi connectivity index (χ0n) is 10.8. The molecule has 0 spiro atoms. The summed E-state index contributed by atoms with van der Waals surface area (Å²) in [5.74, 6) is 0.406. The largest absolute Gasteiger partial charge is 2.00 e. The van der Waals surface area contributed by atoms with Gasteiger partial charge in [0.1, 0.15) is 0 Å². The first-order valence-electron chi connectivity index (χ1n) is 5.90. The summed E-state index contributed by atoms with van der Waals surface area (Å²) >= 11 is 0. The Morgan fingerprint density at radius 3 is 2.61 bits per heavy atom. The van der Waals surface area contributed by atoms with Crippen molar-refractivity contribution in [3.8, 4) is 0 Å². The number of nitrogens with two attached hydrogens (primary N) is 1. The van der Waals surface area contributed by atoms with Crippen molar-refractivity contribution in [3.63, 3.8) is 0 Å². The van der Waals surface area contributed by atoms with Crippen molar-refractivity contribution in [3.05, 3.63) is 59.7 Å². The van der Waals surface area contributed by atoms with E-state index in [1.54, 1.807) is 0 Å². The van der Waals surface area contributed by atoms with E-state index in [9.17, 15) is 0 Å². The number of benzene rings is 1. The van der Waals surface area contributed by atoms with Gasteiger partial charge in [0.15, 0.2) is 0 Å². The van der Waals surface area contributed by atoms with E-state index in [1.165, 1.54) is 16.7 Å². The Morgan fingerprint density at radius 1 is 1.33 bits per heavy atom. The fourth-order valence-corrected chi connectivity index (χ4v) is 2.20. The van der Waals surface area contributed by atoms with Crippen LogP contribution in [0, 0.1) is 12.2 Å². The normalized spacial score (nSPS) is 18.6. The number of nitrogen functional groups attached to an aromatic ring is 1. The molecule has 0 saturated carbocycles. The summed E-state index contributed by atoms with van der Waals surface area (Å²) in [5, 5.41) is 0. The Morgan fingerprint density at radius 2 is 2.11 bits per heavy atom. The predicted molar refractivity (Wildman–Crippen MR) is 73.2 cm³/mol. The van der Waals surface area contributed by atoms with Crippen LogP contribution in [-0.4, -0.2) is 0 Å². The molecule has 2 aliphatic carbocycles. The molecule has 2 heteroatoms. The maximum absolute atomic E-state index is 5.86. The van der Waals surface area contributed by atoms with Crippen molar-refractivity contribution in [1.82, 2.24) is 0 Å². The summed E-state index contributed by atoms with van der Waals surface area (Å²) in [7, 11) is 0. The third-order valence-electron chi connectivity index (χ3n) is 2.99. The summed E-state index contributed by atoms with van der Waals surface area (Å²) in [4.78, 5) is 0. The molecule has 0 aliphatic heterocycles. The van der Waals surface area contributed by atoms with E-state index in [0.717, 1.165) is 12.1 Å². The summed E-state index contributed by atoms with van der Waals surface area (Å²) in [6, 6.07) is 6.08. The van der Waals surface area contributed by atoms with E-state index in [0.29, 0.717) is 5.92 Å².